The summed E-state index contributed by atoms with van der Waals surface area (Å²) >= 11 is 0. The van der Waals surface area contributed by atoms with E-state index in [1.165, 1.54) is 5.56 Å². The third kappa shape index (κ3) is 3.91. The second-order valence-corrected chi connectivity index (χ2v) is 4.56. The van der Waals surface area contributed by atoms with Crippen LogP contribution in [0.5, 0.6) is 0 Å². The SMILES string of the molecule is CCNC(CC(C)(C)OC)c1cccnc1. The largest absolute Gasteiger partial charge is 0.379 e. The number of pyridine rings is 1. The van der Waals surface area contributed by atoms with Crippen molar-refractivity contribution in [1.82, 2.24) is 10.3 Å². The average Bonchev–Trinajstić information content (AvgIpc) is 2.29. The molecule has 0 aliphatic carbocycles. The van der Waals surface area contributed by atoms with Crippen molar-refractivity contribution in [2.45, 2.75) is 38.8 Å². The molecule has 0 aliphatic heterocycles. The van der Waals surface area contributed by atoms with Crippen LogP contribution in [0.25, 0.3) is 0 Å². The molecule has 1 rings (SSSR count). The first kappa shape index (κ1) is 13.1. The van der Waals surface area contributed by atoms with Crippen molar-refractivity contribution >= 4 is 0 Å². The van der Waals surface area contributed by atoms with E-state index in [-0.39, 0.29) is 5.60 Å². The molecule has 1 aromatic rings. The highest BCUT2D eigenvalue weighted by molar-refractivity contribution is 5.14. The lowest BCUT2D eigenvalue weighted by molar-refractivity contribution is 0.00695. The van der Waals surface area contributed by atoms with Gasteiger partial charge in [0.15, 0.2) is 0 Å². The number of methoxy groups -OCH3 is 1. The minimum atomic E-state index is -0.122. The molecule has 0 spiro atoms. The van der Waals surface area contributed by atoms with Crippen molar-refractivity contribution in [2.75, 3.05) is 13.7 Å². The molecule has 1 atom stereocenters. The van der Waals surface area contributed by atoms with Crippen LogP contribution < -0.4 is 5.32 Å². The van der Waals surface area contributed by atoms with Crippen LogP contribution in [0.3, 0.4) is 0 Å². The molecule has 1 unspecified atom stereocenters. The lowest BCUT2D eigenvalue weighted by Gasteiger charge is -2.29. The van der Waals surface area contributed by atoms with E-state index in [2.05, 4.69) is 37.1 Å². The minimum Gasteiger partial charge on any atom is -0.379 e. The molecule has 0 fully saturated rings. The lowest BCUT2D eigenvalue weighted by atomic mass is 9.94. The Morgan fingerprint density at radius 2 is 2.25 bits per heavy atom. The second-order valence-electron chi connectivity index (χ2n) is 4.56. The van der Waals surface area contributed by atoms with Crippen LogP contribution >= 0.6 is 0 Å². The maximum atomic E-state index is 5.48. The van der Waals surface area contributed by atoms with Crippen molar-refractivity contribution in [3.8, 4) is 0 Å². The van der Waals surface area contributed by atoms with Gasteiger partial charge in [0.25, 0.3) is 0 Å². The van der Waals surface area contributed by atoms with Gasteiger partial charge in [-0.3, -0.25) is 4.98 Å². The predicted molar refractivity (Wildman–Crippen MR) is 66.4 cm³/mol. The summed E-state index contributed by atoms with van der Waals surface area (Å²) in [5, 5.41) is 3.47. The van der Waals surface area contributed by atoms with Crippen molar-refractivity contribution in [1.29, 1.82) is 0 Å². The number of nitrogens with zero attached hydrogens (tertiary/aromatic N) is 1. The number of nitrogens with one attached hydrogen (secondary N) is 1. The lowest BCUT2D eigenvalue weighted by Crippen LogP contribution is -2.32. The maximum Gasteiger partial charge on any atom is 0.0640 e. The molecule has 0 aromatic carbocycles. The van der Waals surface area contributed by atoms with E-state index in [9.17, 15) is 0 Å². The second kappa shape index (κ2) is 5.97. The Hall–Kier alpha value is -0.930. The van der Waals surface area contributed by atoms with Gasteiger partial charge in [-0.1, -0.05) is 13.0 Å². The average molecular weight is 222 g/mol. The van der Waals surface area contributed by atoms with Gasteiger partial charge in [0, 0.05) is 25.5 Å². The topological polar surface area (TPSA) is 34.1 Å². The van der Waals surface area contributed by atoms with E-state index in [1.807, 2.05) is 12.3 Å². The third-order valence-corrected chi connectivity index (χ3v) is 2.79. The Balaban J connectivity index is 2.76. The summed E-state index contributed by atoms with van der Waals surface area (Å²) in [7, 11) is 1.76. The van der Waals surface area contributed by atoms with Gasteiger partial charge in [-0.2, -0.15) is 0 Å². The molecule has 3 heteroatoms. The molecule has 0 saturated heterocycles. The number of rotatable bonds is 6. The summed E-state index contributed by atoms with van der Waals surface area (Å²) in [6, 6.07) is 4.37. The summed E-state index contributed by atoms with van der Waals surface area (Å²) in [6.07, 6.45) is 4.65. The molecule has 0 amide bonds. The first-order valence-corrected chi connectivity index (χ1v) is 5.77. The first-order chi connectivity index (χ1) is 7.59. The summed E-state index contributed by atoms with van der Waals surface area (Å²) in [5.41, 5.74) is 1.09. The standard InChI is InChI=1S/C13H22N2O/c1-5-15-12(9-13(2,3)16-4)11-7-6-8-14-10-11/h6-8,10,12,15H,5,9H2,1-4H3. The summed E-state index contributed by atoms with van der Waals surface area (Å²) < 4.78 is 5.48. The fourth-order valence-corrected chi connectivity index (χ4v) is 1.71. The minimum absolute atomic E-state index is 0.122. The van der Waals surface area contributed by atoms with Crippen molar-refractivity contribution < 1.29 is 4.74 Å². The first-order valence-electron chi connectivity index (χ1n) is 5.77. The van der Waals surface area contributed by atoms with Crippen LogP contribution in [0.2, 0.25) is 0 Å². The molecule has 1 heterocycles. The van der Waals surface area contributed by atoms with Gasteiger partial charge in [0.1, 0.15) is 0 Å². The molecule has 1 N–H and O–H groups in total. The van der Waals surface area contributed by atoms with Crippen LogP contribution in [0.4, 0.5) is 0 Å². The Morgan fingerprint density at radius 1 is 1.50 bits per heavy atom. The van der Waals surface area contributed by atoms with E-state index in [1.54, 1.807) is 13.3 Å². The van der Waals surface area contributed by atoms with Crippen LogP contribution in [0.15, 0.2) is 24.5 Å². The number of aromatic nitrogens is 1. The zero-order valence-electron chi connectivity index (χ0n) is 10.7. The van der Waals surface area contributed by atoms with Crippen molar-refractivity contribution in [3.63, 3.8) is 0 Å². The number of hydrogen-bond acceptors (Lipinski definition) is 3. The van der Waals surface area contributed by atoms with Gasteiger partial charge in [0.05, 0.1) is 5.60 Å². The zero-order valence-corrected chi connectivity index (χ0v) is 10.7. The molecule has 0 bridgehead atoms. The smallest absolute Gasteiger partial charge is 0.0640 e. The monoisotopic (exact) mass is 222 g/mol. The fourth-order valence-electron chi connectivity index (χ4n) is 1.71. The molecular weight excluding hydrogens is 200 g/mol. The summed E-state index contributed by atoms with van der Waals surface area (Å²) in [6.45, 7) is 7.27. The molecule has 3 nitrogen and oxygen atoms in total. The summed E-state index contributed by atoms with van der Waals surface area (Å²) in [5.74, 6) is 0. The van der Waals surface area contributed by atoms with Crippen molar-refractivity contribution in [3.05, 3.63) is 30.1 Å². The van der Waals surface area contributed by atoms with Gasteiger partial charge in [-0.05, 0) is 38.4 Å². The zero-order chi connectivity index (χ0) is 12.0. The normalized spacial score (nSPS) is 13.8. The Bertz CT molecular complexity index is 298. The predicted octanol–water partition coefficient (Wildman–Crippen LogP) is 2.55. The molecule has 0 aliphatic rings. The van der Waals surface area contributed by atoms with Gasteiger partial charge in [-0.25, -0.2) is 0 Å². The number of ether oxygens (including phenoxy) is 1. The van der Waals surface area contributed by atoms with Crippen LogP contribution in [-0.4, -0.2) is 24.2 Å². The Labute approximate surface area is 98.2 Å². The van der Waals surface area contributed by atoms with Gasteiger partial charge < -0.3 is 10.1 Å². The van der Waals surface area contributed by atoms with Gasteiger partial charge in [-0.15, -0.1) is 0 Å². The molecular formula is C13H22N2O. The van der Waals surface area contributed by atoms with E-state index < -0.39 is 0 Å². The van der Waals surface area contributed by atoms with Gasteiger partial charge in [0.2, 0.25) is 0 Å². The quantitative estimate of drug-likeness (QED) is 0.803. The van der Waals surface area contributed by atoms with E-state index in [4.69, 9.17) is 4.74 Å². The third-order valence-electron chi connectivity index (χ3n) is 2.79. The van der Waals surface area contributed by atoms with E-state index >= 15 is 0 Å². The number of hydrogen-bond donors (Lipinski definition) is 1. The Kier molecular flexibility index (Phi) is 4.90. The molecule has 0 saturated carbocycles. The molecule has 16 heavy (non-hydrogen) atoms. The maximum absolute atomic E-state index is 5.48. The van der Waals surface area contributed by atoms with Crippen molar-refractivity contribution in [2.24, 2.45) is 0 Å². The van der Waals surface area contributed by atoms with Crippen LogP contribution in [0, 0.1) is 0 Å². The Morgan fingerprint density at radius 3 is 2.75 bits per heavy atom. The van der Waals surface area contributed by atoms with Gasteiger partial charge >= 0.3 is 0 Å². The van der Waals surface area contributed by atoms with Crippen LogP contribution in [-0.2, 0) is 4.74 Å². The molecule has 90 valence electrons. The fraction of sp³-hybridized carbons (Fsp3) is 0.615. The molecule has 1 aromatic heterocycles. The molecule has 0 radical (unpaired) electrons. The van der Waals surface area contributed by atoms with E-state index in [0.29, 0.717) is 6.04 Å². The highest BCUT2D eigenvalue weighted by Crippen LogP contribution is 2.25. The van der Waals surface area contributed by atoms with E-state index in [0.717, 1.165) is 13.0 Å². The highest BCUT2D eigenvalue weighted by Gasteiger charge is 2.23. The summed E-state index contributed by atoms with van der Waals surface area (Å²) in [4.78, 5) is 4.16. The highest BCUT2D eigenvalue weighted by atomic mass is 16.5. The van der Waals surface area contributed by atoms with Crippen LogP contribution in [0.1, 0.15) is 38.8 Å².